The quantitative estimate of drug-likeness (QED) is 0.287. The van der Waals surface area contributed by atoms with E-state index < -0.39 is 11.8 Å². The lowest BCUT2D eigenvalue weighted by molar-refractivity contribution is -0.123. The summed E-state index contributed by atoms with van der Waals surface area (Å²) in [5.41, 5.74) is 3.31. The van der Waals surface area contributed by atoms with E-state index in [-0.39, 0.29) is 23.2 Å². The number of thiocarbonyl (C=S) groups is 1. The molecule has 3 rings (SSSR count). The zero-order valence-electron chi connectivity index (χ0n) is 18.2. The molecule has 1 heterocycles. The monoisotopic (exact) mass is 531 g/mol. The van der Waals surface area contributed by atoms with Crippen molar-refractivity contribution in [3.63, 3.8) is 0 Å². The minimum atomic E-state index is -0.596. The molecule has 8 nitrogen and oxygen atoms in total. The topological polar surface area (TPSA) is 106 Å². The summed E-state index contributed by atoms with van der Waals surface area (Å²) in [4.78, 5) is 36.6. The first kappa shape index (κ1) is 24.4. The SMILES string of the molecule is CCOc1cc(C=C2C(=O)NC(=S)NC2=O)cc(Br)c1OCC(=O)Nc1ccc(C)c(C)c1. The van der Waals surface area contributed by atoms with Gasteiger partial charge in [0, 0.05) is 5.69 Å². The molecule has 0 atom stereocenters. The maximum Gasteiger partial charge on any atom is 0.263 e. The van der Waals surface area contributed by atoms with Gasteiger partial charge in [0.05, 0.1) is 11.1 Å². The van der Waals surface area contributed by atoms with Crippen molar-refractivity contribution in [2.75, 3.05) is 18.5 Å². The van der Waals surface area contributed by atoms with Crippen LogP contribution in [0.25, 0.3) is 6.08 Å². The molecule has 0 aromatic heterocycles. The number of nitrogens with one attached hydrogen (secondary N) is 3. The summed E-state index contributed by atoms with van der Waals surface area (Å²) < 4.78 is 11.9. The Morgan fingerprint density at radius 1 is 1.09 bits per heavy atom. The van der Waals surface area contributed by atoms with Gasteiger partial charge in [0.2, 0.25) is 0 Å². The van der Waals surface area contributed by atoms with Crippen molar-refractivity contribution < 1.29 is 23.9 Å². The fourth-order valence-electron chi connectivity index (χ4n) is 3.00. The zero-order valence-corrected chi connectivity index (χ0v) is 20.6. The first-order valence-corrected chi connectivity index (χ1v) is 11.2. The average Bonchev–Trinajstić information content (AvgIpc) is 2.73. The van der Waals surface area contributed by atoms with Gasteiger partial charge in [0.15, 0.2) is 23.2 Å². The molecule has 1 aliphatic heterocycles. The molecule has 1 fully saturated rings. The van der Waals surface area contributed by atoms with Gasteiger partial charge in [-0.15, -0.1) is 0 Å². The second-order valence-corrected chi connectivity index (χ2v) is 8.46. The first-order valence-electron chi connectivity index (χ1n) is 10.0. The van der Waals surface area contributed by atoms with E-state index >= 15 is 0 Å². The minimum Gasteiger partial charge on any atom is -0.490 e. The van der Waals surface area contributed by atoms with Gasteiger partial charge < -0.3 is 14.8 Å². The van der Waals surface area contributed by atoms with Crippen molar-refractivity contribution in [1.29, 1.82) is 0 Å². The normalized spacial score (nSPS) is 13.2. The fourth-order valence-corrected chi connectivity index (χ4v) is 3.76. The van der Waals surface area contributed by atoms with Crippen molar-refractivity contribution >= 4 is 62.7 Å². The highest BCUT2D eigenvalue weighted by atomic mass is 79.9. The number of aryl methyl sites for hydroxylation is 2. The van der Waals surface area contributed by atoms with Gasteiger partial charge in [-0.05, 0) is 96.0 Å². The van der Waals surface area contributed by atoms with Crippen LogP contribution in [0.5, 0.6) is 11.5 Å². The molecule has 2 aromatic carbocycles. The van der Waals surface area contributed by atoms with E-state index in [0.29, 0.717) is 33.8 Å². The Hall–Kier alpha value is -3.24. The highest BCUT2D eigenvalue weighted by molar-refractivity contribution is 9.10. The second kappa shape index (κ2) is 10.6. The molecular formula is C23H22BrN3O5S. The summed E-state index contributed by atoms with van der Waals surface area (Å²) in [6.07, 6.45) is 1.41. The van der Waals surface area contributed by atoms with Gasteiger partial charge in [-0.2, -0.15) is 0 Å². The molecule has 2 aromatic rings. The van der Waals surface area contributed by atoms with E-state index in [1.165, 1.54) is 6.08 Å². The maximum atomic E-state index is 12.4. The molecule has 33 heavy (non-hydrogen) atoms. The fraction of sp³-hybridized carbons (Fsp3) is 0.217. The molecule has 0 bridgehead atoms. The third-order valence-corrected chi connectivity index (χ3v) is 5.52. The highest BCUT2D eigenvalue weighted by Crippen LogP contribution is 2.37. The Morgan fingerprint density at radius 3 is 2.42 bits per heavy atom. The summed E-state index contributed by atoms with van der Waals surface area (Å²) in [5.74, 6) is -0.842. The number of anilines is 1. The predicted octanol–water partition coefficient (Wildman–Crippen LogP) is 3.40. The molecule has 0 radical (unpaired) electrons. The van der Waals surface area contributed by atoms with Crippen LogP contribution in [0.3, 0.4) is 0 Å². The van der Waals surface area contributed by atoms with Crippen molar-refractivity contribution in [3.05, 3.63) is 57.1 Å². The first-order chi connectivity index (χ1) is 15.7. The largest absolute Gasteiger partial charge is 0.490 e. The van der Waals surface area contributed by atoms with Crippen molar-refractivity contribution in [1.82, 2.24) is 10.6 Å². The van der Waals surface area contributed by atoms with Crippen molar-refractivity contribution in [2.24, 2.45) is 0 Å². The lowest BCUT2D eigenvalue weighted by Crippen LogP contribution is -2.51. The lowest BCUT2D eigenvalue weighted by Gasteiger charge is -2.17. The van der Waals surface area contributed by atoms with Crippen LogP contribution in [-0.2, 0) is 14.4 Å². The molecule has 0 aliphatic carbocycles. The predicted molar refractivity (Wildman–Crippen MR) is 132 cm³/mol. The average molecular weight is 532 g/mol. The Kier molecular flexibility index (Phi) is 7.83. The van der Waals surface area contributed by atoms with E-state index in [9.17, 15) is 14.4 Å². The van der Waals surface area contributed by atoms with E-state index in [4.69, 9.17) is 21.7 Å². The minimum absolute atomic E-state index is 0.0406. The van der Waals surface area contributed by atoms with Crippen LogP contribution in [0.1, 0.15) is 23.6 Å². The molecule has 3 amide bonds. The van der Waals surface area contributed by atoms with Crippen LogP contribution >= 0.6 is 28.1 Å². The maximum absolute atomic E-state index is 12.4. The van der Waals surface area contributed by atoms with Gasteiger partial charge in [-0.25, -0.2) is 0 Å². The smallest absolute Gasteiger partial charge is 0.263 e. The van der Waals surface area contributed by atoms with Gasteiger partial charge in [0.1, 0.15) is 5.57 Å². The van der Waals surface area contributed by atoms with E-state index in [2.05, 4.69) is 31.9 Å². The number of benzene rings is 2. The molecule has 172 valence electrons. The number of ether oxygens (including phenoxy) is 2. The number of hydrogen-bond donors (Lipinski definition) is 3. The molecule has 3 N–H and O–H groups in total. The van der Waals surface area contributed by atoms with Gasteiger partial charge in [-0.1, -0.05) is 6.07 Å². The van der Waals surface area contributed by atoms with Crippen LogP contribution in [0.15, 0.2) is 40.4 Å². The van der Waals surface area contributed by atoms with E-state index in [1.54, 1.807) is 19.1 Å². The Labute approximate surface area is 204 Å². The van der Waals surface area contributed by atoms with Crippen LogP contribution in [0, 0.1) is 13.8 Å². The number of carbonyl (C=O) groups excluding carboxylic acids is 3. The summed E-state index contributed by atoms with van der Waals surface area (Å²) in [6, 6.07) is 8.92. The van der Waals surface area contributed by atoms with Crippen LogP contribution in [0.4, 0.5) is 5.69 Å². The Balaban J connectivity index is 1.78. The van der Waals surface area contributed by atoms with E-state index in [1.807, 2.05) is 32.0 Å². The molecular weight excluding hydrogens is 510 g/mol. The summed E-state index contributed by atoms with van der Waals surface area (Å²) in [5, 5.41) is 7.53. The van der Waals surface area contributed by atoms with Crippen LogP contribution < -0.4 is 25.4 Å². The number of hydrogen-bond acceptors (Lipinski definition) is 6. The third kappa shape index (κ3) is 6.17. The second-order valence-electron chi connectivity index (χ2n) is 7.19. The molecule has 1 saturated heterocycles. The van der Waals surface area contributed by atoms with Crippen LogP contribution in [-0.4, -0.2) is 36.0 Å². The number of carbonyl (C=O) groups is 3. The lowest BCUT2D eigenvalue weighted by atomic mass is 10.1. The third-order valence-electron chi connectivity index (χ3n) is 4.72. The van der Waals surface area contributed by atoms with Gasteiger partial charge >= 0.3 is 0 Å². The molecule has 0 saturated carbocycles. The molecule has 10 heteroatoms. The van der Waals surface area contributed by atoms with Crippen molar-refractivity contribution in [2.45, 2.75) is 20.8 Å². The van der Waals surface area contributed by atoms with Gasteiger partial charge in [-0.3, -0.25) is 25.0 Å². The van der Waals surface area contributed by atoms with Crippen molar-refractivity contribution in [3.8, 4) is 11.5 Å². The number of amides is 3. The molecule has 1 aliphatic rings. The number of halogens is 1. The van der Waals surface area contributed by atoms with E-state index in [0.717, 1.165) is 11.1 Å². The summed E-state index contributed by atoms with van der Waals surface area (Å²) >= 11 is 8.23. The standard InChI is InChI=1S/C23H22BrN3O5S/c1-4-31-18-10-14(8-16-21(29)26-23(33)27-22(16)30)9-17(24)20(18)32-11-19(28)25-15-6-5-12(2)13(3)7-15/h5-10H,4,11H2,1-3H3,(H,25,28)(H2,26,27,29,30,33). The summed E-state index contributed by atoms with van der Waals surface area (Å²) in [6.45, 7) is 5.87. The van der Waals surface area contributed by atoms with Gasteiger partial charge in [0.25, 0.3) is 17.7 Å². The molecule has 0 unspecified atom stereocenters. The Bertz CT molecular complexity index is 1160. The summed E-state index contributed by atoms with van der Waals surface area (Å²) in [7, 11) is 0. The zero-order chi connectivity index (χ0) is 24.1. The highest BCUT2D eigenvalue weighted by Gasteiger charge is 2.26. The Morgan fingerprint density at radius 2 is 1.79 bits per heavy atom. The molecule has 0 spiro atoms. The van der Waals surface area contributed by atoms with Crippen LogP contribution in [0.2, 0.25) is 0 Å². The number of rotatable bonds is 7.